The molecule has 0 fully saturated rings. The number of rotatable bonds is 3. The molecule has 0 aromatic heterocycles. The third-order valence-corrected chi connectivity index (χ3v) is 2.90. The molecule has 1 aromatic carbocycles. The van der Waals surface area contributed by atoms with Crippen molar-refractivity contribution in [2.45, 2.75) is 25.8 Å². The maximum Gasteiger partial charge on any atom is 0.124 e. The maximum absolute atomic E-state index is 12.8. The lowest BCUT2D eigenvalue weighted by molar-refractivity contribution is 0.613. The van der Waals surface area contributed by atoms with Gasteiger partial charge in [0.15, 0.2) is 0 Å². The molecule has 0 saturated carbocycles. The molecular formula is C10H13FIN. The summed E-state index contributed by atoms with van der Waals surface area (Å²) in [6.07, 6.45) is 2.00. The predicted molar refractivity (Wildman–Crippen MR) is 61.0 cm³/mol. The first kappa shape index (κ1) is 10.9. The summed E-state index contributed by atoms with van der Waals surface area (Å²) in [6, 6.07) is 4.80. The molecule has 0 bridgehead atoms. The average molecular weight is 293 g/mol. The molecule has 0 aliphatic rings. The highest BCUT2D eigenvalue weighted by molar-refractivity contribution is 14.1. The normalized spacial score (nSPS) is 12.9. The van der Waals surface area contributed by atoms with E-state index in [1.807, 2.05) is 0 Å². The molecule has 0 saturated heterocycles. The summed E-state index contributed by atoms with van der Waals surface area (Å²) in [4.78, 5) is 0. The van der Waals surface area contributed by atoms with Crippen molar-refractivity contribution in [1.29, 1.82) is 0 Å². The van der Waals surface area contributed by atoms with Crippen LogP contribution in [-0.4, -0.2) is 0 Å². The minimum atomic E-state index is -0.197. The molecule has 72 valence electrons. The molecule has 0 heterocycles. The SMILES string of the molecule is CCCC(N)c1ccc(F)cc1I. The number of nitrogens with two attached hydrogens (primary N) is 1. The lowest BCUT2D eigenvalue weighted by Crippen LogP contribution is -2.11. The Bertz CT molecular complexity index is 288. The van der Waals surface area contributed by atoms with Gasteiger partial charge < -0.3 is 5.73 Å². The van der Waals surface area contributed by atoms with Crippen LogP contribution in [0.4, 0.5) is 4.39 Å². The highest BCUT2D eigenvalue weighted by Gasteiger charge is 2.08. The fourth-order valence-corrected chi connectivity index (χ4v) is 2.15. The Morgan fingerprint density at radius 2 is 2.23 bits per heavy atom. The van der Waals surface area contributed by atoms with Gasteiger partial charge in [0.05, 0.1) is 0 Å². The third-order valence-electron chi connectivity index (χ3n) is 1.96. The molecule has 0 aliphatic heterocycles. The summed E-state index contributed by atoms with van der Waals surface area (Å²) in [7, 11) is 0. The first-order valence-electron chi connectivity index (χ1n) is 4.35. The number of halogens is 2. The highest BCUT2D eigenvalue weighted by Crippen LogP contribution is 2.22. The van der Waals surface area contributed by atoms with Crippen molar-refractivity contribution in [1.82, 2.24) is 0 Å². The van der Waals surface area contributed by atoms with Gasteiger partial charge in [0.25, 0.3) is 0 Å². The lowest BCUT2D eigenvalue weighted by Gasteiger charge is -2.12. The predicted octanol–water partition coefficient (Wildman–Crippen LogP) is 3.23. The lowest BCUT2D eigenvalue weighted by atomic mass is 10.0. The Balaban J connectivity index is 2.88. The second kappa shape index (κ2) is 4.91. The van der Waals surface area contributed by atoms with Crippen LogP contribution < -0.4 is 5.73 Å². The van der Waals surface area contributed by atoms with E-state index in [9.17, 15) is 4.39 Å². The highest BCUT2D eigenvalue weighted by atomic mass is 127. The van der Waals surface area contributed by atoms with Gasteiger partial charge in [-0.1, -0.05) is 19.4 Å². The molecule has 1 rings (SSSR count). The summed E-state index contributed by atoms with van der Waals surface area (Å²) >= 11 is 2.12. The molecule has 0 radical (unpaired) electrons. The average Bonchev–Trinajstić information content (AvgIpc) is 2.04. The molecule has 1 unspecified atom stereocenters. The smallest absolute Gasteiger partial charge is 0.124 e. The van der Waals surface area contributed by atoms with Gasteiger partial charge in [-0.3, -0.25) is 0 Å². The van der Waals surface area contributed by atoms with E-state index in [1.165, 1.54) is 12.1 Å². The van der Waals surface area contributed by atoms with Gasteiger partial charge in [-0.05, 0) is 46.7 Å². The monoisotopic (exact) mass is 293 g/mol. The fraction of sp³-hybridized carbons (Fsp3) is 0.400. The van der Waals surface area contributed by atoms with Crippen LogP contribution in [0.2, 0.25) is 0 Å². The Morgan fingerprint density at radius 3 is 2.77 bits per heavy atom. The van der Waals surface area contributed by atoms with E-state index in [1.54, 1.807) is 6.07 Å². The van der Waals surface area contributed by atoms with Gasteiger partial charge in [0.2, 0.25) is 0 Å². The molecule has 1 aromatic rings. The Kier molecular flexibility index (Phi) is 4.12. The van der Waals surface area contributed by atoms with E-state index in [2.05, 4.69) is 29.5 Å². The van der Waals surface area contributed by atoms with Crippen LogP contribution in [-0.2, 0) is 0 Å². The van der Waals surface area contributed by atoms with Crippen molar-refractivity contribution in [2.24, 2.45) is 5.73 Å². The van der Waals surface area contributed by atoms with E-state index >= 15 is 0 Å². The van der Waals surface area contributed by atoms with E-state index in [0.717, 1.165) is 22.0 Å². The van der Waals surface area contributed by atoms with E-state index in [0.29, 0.717) is 0 Å². The topological polar surface area (TPSA) is 26.0 Å². The minimum Gasteiger partial charge on any atom is -0.324 e. The summed E-state index contributed by atoms with van der Waals surface area (Å²) in [5.74, 6) is -0.197. The van der Waals surface area contributed by atoms with Crippen molar-refractivity contribution in [3.05, 3.63) is 33.1 Å². The second-order valence-electron chi connectivity index (χ2n) is 3.06. The van der Waals surface area contributed by atoms with Gasteiger partial charge in [-0.25, -0.2) is 4.39 Å². The van der Waals surface area contributed by atoms with Crippen molar-refractivity contribution < 1.29 is 4.39 Å². The van der Waals surface area contributed by atoms with Gasteiger partial charge in [-0.15, -0.1) is 0 Å². The van der Waals surface area contributed by atoms with Crippen molar-refractivity contribution >= 4 is 22.6 Å². The summed E-state index contributed by atoms with van der Waals surface area (Å²) in [6.45, 7) is 2.09. The van der Waals surface area contributed by atoms with E-state index in [-0.39, 0.29) is 11.9 Å². The third kappa shape index (κ3) is 2.91. The first-order valence-corrected chi connectivity index (χ1v) is 5.43. The van der Waals surface area contributed by atoms with Crippen molar-refractivity contribution in [3.8, 4) is 0 Å². The summed E-state index contributed by atoms with van der Waals surface area (Å²) in [5.41, 5.74) is 6.97. The molecule has 0 spiro atoms. The van der Waals surface area contributed by atoms with Gasteiger partial charge in [0.1, 0.15) is 5.82 Å². The van der Waals surface area contributed by atoms with Crippen LogP contribution in [0, 0.1) is 9.39 Å². The van der Waals surface area contributed by atoms with E-state index < -0.39 is 0 Å². The molecule has 0 amide bonds. The Morgan fingerprint density at radius 1 is 1.54 bits per heavy atom. The van der Waals surface area contributed by atoms with Crippen molar-refractivity contribution in [2.75, 3.05) is 0 Å². The zero-order valence-corrected chi connectivity index (χ0v) is 9.71. The zero-order valence-electron chi connectivity index (χ0n) is 7.56. The molecule has 13 heavy (non-hydrogen) atoms. The molecular weight excluding hydrogens is 280 g/mol. The Hall–Kier alpha value is -0.160. The zero-order chi connectivity index (χ0) is 9.84. The van der Waals surface area contributed by atoms with E-state index in [4.69, 9.17) is 5.73 Å². The van der Waals surface area contributed by atoms with Crippen molar-refractivity contribution in [3.63, 3.8) is 0 Å². The van der Waals surface area contributed by atoms with Crippen LogP contribution in [0.25, 0.3) is 0 Å². The maximum atomic E-state index is 12.8. The minimum absolute atomic E-state index is 0.0394. The van der Waals surface area contributed by atoms with Crippen LogP contribution in [0.5, 0.6) is 0 Å². The van der Waals surface area contributed by atoms with Gasteiger partial charge in [-0.2, -0.15) is 0 Å². The molecule has 2 N–H and O–H groups in total. The van der Waals surface area contributed by atoms with Crippen LogP contribution >= 0.6 is 22.6 Å². The number of hydrogen-bond donors (Lipinski definition) is 1. The second-order valence-corrected chi connectivity index (χ2v) is 4.22. The number of benzene rings is 1. The molecule has 3 heteroatoms. The Labute approximate surface area is 91.7 Å². The molecule has 1 nitrogen and oxygen atoms in total. The first-order chi connectivity index (χ1) is 6.15. The fourth-order valence-electron chi connectivity index (χ4n) is 1.27. The summed E-state index contributed by atoms with van der Waals surface area (Å²) in [5, 5.41) is 0. The van der Waals surface area contributed by atoms with Crippen LogP contribution in [0.3, 0.4) is 0 Å². The van der Waals surface area contributed by atoms with Crippen LogP contribution in [0.1, 0.15) is 31.4 Å². The van der Waals surface area contributed by atoms with Crippen LogP contribution in [0.15, 0.2) is 18.2 Å². The van der Waals surface area contributed by atoms with Gasteiger partial charge in [0, 0.05) is 9.61 Å². The molecule has 1 atom stereocenters. The quantitative estimate of drug-likeness (QED) is 0.851. The summed E-state index contributed by atoms with van der Waals surface area (Å²) < 4.78 is 13.7. The standard InChI is InChI=1S/C10H13FIN/c1-2-3-10(13)8-5-4-7(11)6-9(8)12/h4-6,10H,2-3,13H2,1H3. The van der Waals surface area contributed by atoms with Gasteiger partial charge >= 0.3 is 0 Å². The largest absolute Gasteiger partial charge is 0.324 e. The number of hydrogen-bond acceptors (Lipinski definition) is 1. The molecule has 0 aliphatic carbocycles.